The fourth-order valence-electron chi connectivity index (χ4n) is 2.96. The summed E-state index contributed by atoms with van der Waals surface area (Å²) in [7, 11) is 2.01. The number of aromatic nitrogens is 5. The molecule has 0 amide bonds. The highest BCUT2D eigenvalue weighted by Gasteiger charge is 2.15. The average Bonchev–Trinajstić information content (AvgIpc) is 3.32. The van der Waals surface area contributed by atoms with E-state index in [9.17, 15) is 0 Å². The summed E-state index contributed by atoms with van der Waals surface area (Å²) in [6, 6.07) is 18.7. The molecule has 0 spiro atoms. The van der Waals surface area contributed by atoms with Crippen molar-refractivity contribution in [2.45, 2.75) is 23.9 Å². The molecule has 7 heteroatoms. The van der Waals surface area contributed by atoms with Crippen molar-refractivity contribution in [1.29, 1.82) is 0 Å². The molecule has 2 heterocycles. The largest absolute Gasteiger partial charge is 0.337 e. The smallest absolute Gasteiger partial charge is 0.191 e. The van der Waals surface area contributed by atoms with Crippen molar-refractivity contribution in [3.05, 3.63) is 82.9 Å². The predicted octanol–water partition coefficient (Wildman–Crippen LogP) is 4.98. The van der Waals surface area contributed by atoms with Crippen molar-refractivity contribution < 1.29 is 0 Å². The standard InChI is InChI=1S/C21H20BrN5S/c1-26-14-12-23-19(26)15-28-21-25-24-20(17-7-9-18(22)10-8-17)27(21)13-11-16-5-3-2-4-6-16/h2-10,12,14H,11,13,15H2,1H3. The maximum Gasteiger partial charge on any atom is 0.191 e. The van der Waals surface area contributed by atoms with Gasteiger partial charge in [0.25, 0.3) is 0 Å². The molecule has 0 bridgehead atoms. The molecule has 4 rings (SSSR count). The lowest BCUT2D eigenvalue weighted by atomic mass is 10.1. The van der Waals surface area contributed by atoms with Crippen molar-refractivity contribution in [3.8, 4) is 11.4 Å². The van der Waals surface area contributed by atoms with Crippen LogP contribution in [-0.4, -0.2) is 24.3 Å². The quantitative estimate of drug-likeness (QED) is 0.370. The summed E-state index contributed by atoms with van der Waals surface area (Å²) < 4.78 is 5.30. The second kappa shape index (κ2) is 8.75. The molecule has 2 aromatic carbocycles. The summed E-state index contributed by atoms with van der Waals surface area (Å²) >= 11 is 5.17. The van der Waals surface area contributed by atoms with E-state index in [1.165, 1.54) is 5.56 Å². The van der Waals surface area contributed by atoms with Gasteiger partial charge in [-0.2, -0.15) is 0 Å². The van der Waals surface area contributed by atoms with Gasteiger partial charge in [-0.25, -0.2) is 4.98 Å². The van der Waals surface area contributed by atoms with Crippen LogP contribution < -0.4 is 0 Å². The fraction of sp³-hybridized carbons (Fsp3) is 0.190. The number of aryl methyl sites for hydroxylation is 2. The normalized spacial score (nSPS) is 11.1. The van der Waals surface area contributed by atoms with Crippen molar-refractivity contribution in [2.24, 2.45) is 7.05 Å². The van der Waals surface area contributed by atoms with Gasteiger partial charge < -0.3 is 9.13 Å². The molecule has 0 aliphatic heterocycles. The first-order chi connectivity index (χ1) is 13.7. The van der Waals surface area contributed by atoms with E-state index in [-0.39, 0.29) is 0 Å². The number of hydrogen-bond acceptors (Lipinski definition) is 4. The molecule has 0 radical (unpaired) electrons. The minimum Gasteiger partial charge on any atom is -0.337 e. The van der Waals surface area contributed by atoms with Crippen LogP contribution in [0.25, 0.3) is 11.4 Å². The second-order valence-electron chi connectivity index (χ2n) is 6.44. The third kappa shape index (κ3) is 4.36. The molecule has 28 heavy (non-hydrogen) atoms. The number of nitrogens with zero attached hydrogens (tertiary/aromatic N) is 5. The molecular formula is C21H20BrN5S. The monoisotopic (exact) mass is 453 g/mol. The molecule has 0 atom stereocenters. The Labute approximate surface area is 177 Å². The van der Waals surface area contributed by atoms with Crippen LogP contribution >= 0.6 is 27.7 Å². The number of imidazole rings is 1. The van der Waals surface area contributed by atoms with Crippen LogP contribution in [0.5, 0.6) is 0 Å². The Morgan fingerprint density at radius 2 is 1.79 bits per heavy atom. The van der Waals surface area contributed by atoms with Gasteiger partial charge in [0.1, 0.15) is 5.82 Å². The summed E-state index contributed by atoms with van der Waals surface area (Å²) in [6.07, 6.45) is 4.71. The molecule has 2 aromatic heterocycles. The van der Waals surface area contributed by atoms with E-state index in [0.29, 0.717) is 0 Å². The Morgan fingerprint density at radius 3 is 2.50 bits per heavy atom. The SMILES string of the molecule is Cn1ccnc1CSc1nnc(-c2ccc(Br)cc2)n1CCc1ccccc1. The van der Waals surface area contributed by atoms with Crippen molar-refractivity contribution in [2.75, 3.05) is 0 Å². The van der Waals surface area contributed by atoms with E-state index in [4.69, 9.17) is 0 Å². The third-order valence-electron chi connectivity index (χ3n) is 4.54. The summed E-state index contributed by atoms with van der Waals surface area (Å²) in [4.78, 5) is 4.41. The zero-order chi connectivity index (χ0) is 19.3. The number of halogens is 1. The van der Waals surface area contributed by atoms with Crippen LogP contribution in [0, 0.1) is 0 Å². The summed E-state index contributed by atoms with van der Waals surface area (Å²) in [6.45, 7) is 0.825. The van der Waals surface area contributed by atoms with Crippen LogP contribution in [0.2, 0.25) is 0 Å². The molecule has 0 aliphatic carbocycles. The molecule has 142 valence electrons. The molecule has 0 fully saturated rings. The Morgan fingerprint density at radius 1 is 1.00 bits per heavy atom. The average molecular weight is 454 g/mol. The van der Waals surface area contributed by atoms with Gasteiger partial charge in [-0.05, 0) is 24.1 Å². The Hall–Kier alpha value is -2.38. The third-order valence-corrected chi connectivity index (χ3v) is 6.03. The lowest BCUT2D eigenvalue weighted by Gasteiger charge is -2.11. The van der Waals surface area contributed by atoms with Gasteiger partial charge in [-0.1, -0.05) is 70.2 Å². The molecule has 0 unspecified atom stereocenters. The van der Waals surface area contributed by atoms with Gasteiger partial charge in [0.2, 0.25) is 0 Å². The molecule has 5 nitrogen and oxygen atoms in total. The lowest BCUT2D eigenvalue weighted by Crippen LogP contribution is -2.06. The first-order valence-electron chi connectivity index (χ1n) is 9.03. The maximum absolute atomic E-state index is 4.50. The molecule has 0 saturated heterocycles. The van der Waals surface area contributed by atoms with Crippen molar-refractivity contribution in [3.63, 3.8) is 0 Å². The van der Waals surface area contributed by atoms with Gasteiger partial charge in [-0.15, -0.1) is 10.2 Å². The van der Waals surface area contributed by atoms with E-state index >= 15 is 0 Å². The number of rotatable bonds is 7. The number of hydrogen-bond donors (Lipinski definition) is 0. The van der Waals surface area contributed by atoms with E-state index in [0.717, 1.165) is 45.6 Å². The van der Waals surface area contributed by atoms with E-state index in [1.54, 1.807) is 11.8 Å². The van der Waals surface area contributed by atoms with Gasteiger partial charge in [0.05, 0.1) is 5.75 Å². The Bertz CT molecular complexity index is 1040. The van der Waals surface area contributed by atoms with Crippen LogP contribution in [0.15, 0.2) is 76.6 Å². The number of thioether (sulfide) groups is 1. The number of benzene rings is 2. The first-order valence-corrected chi connectivity index (χ1v) is 10.8. The second-order valence-corrected chi connectivity index (χ2v) is 8.30. The van der Waals surface area contributed by atoms with E-state index in [1.807, 2.05) is 42.2 Å². The minimum atomic E-state index is 0.757. The zero-order valence-electron chi connectivity index (χ0n) is 15.5. The Balaban J connectivity index is 1.61. The molecule has 0 aliphatic rings. The molecule has 0 N–H and O–H groups in total. The molecular weight excluding hydrogens is 434 g/mol. The van der Waals surface area contributed by atoms with Gasteiger partial charge in [0.15, 0.2) is 11.0 Å². The van der Waals surface area contributed by atoms with Gasteiger partial charge in [-0.3, -0.25) is 0 Å². The summed E-state index contributed by atoms with van der Waals surface area (Å²) in [5.41, 5.74) is 2.37. The van der Waals surface area contributed by atoms with Crippen molar-refractivity contribution >= 4 is 27.7 Å². The highest BCUT2D eigenvalue weighted by atomic mass is 79.9. The summed E-state index contributed by atoms with van der Waals surface area (Å²) in [5, 5.41) is 9.90. The van der Waals surface area contributed by atoms with Gasteiger partial charge in [0, 0.05) is 36.0 Å². The highest BCUT2D eigenvalue weighted by Crippen LogP contribution is 2.27. The summed E-state index contributed by atoms with van der Waals surface area (Å²) in [5.74, 6) is 2.67. The lowest BCUT2D eigenvalue weighted by molar-refractivity contribution is 0.639. The van der Waals surface area contributed by atoms with Crippen LogP contribution in [0.4, 0.5) is 0 Å². The van der Waals surface area contributed by atoms with Crippen LogP contribution in [0.1, 0.15) is 11.4 Å². The van der Waals surface area contributed by atoms with E-state index in [2.05, 4.69) is 72.1 Å². The Kier molecular flexibility index (Phi) is 5.92. The molecule has 4 aromatic rings. The zero-order valence-corrected chi connectivity index (χ0v) is 17.9. The van der Waals surface area contributed by atoms with Gasteiger partial charge >= 0.3 is 0 Å². The molecule has 0 saturated carbocycles. The van der Waals surface area contributed by atoms with Crippen molar-refractivity contribution in [1.82, 2.24) is 24.3 Å². The minimum absolute atomic E-state index is 0.757. The first kappa shape index (κ1) is 19.0. The highest BCUT2D eigenvalue weighted by molar-refractivity contribution is 9.10. The van der Waals surface area contributed by atoms with E-state index < -0.39 is 0 Å². The van der Waals surface area contributed by atoms with Crippen LogP contribution in [-0.2, 0) is 25.8 Å². The van der Waals surface area contributed by atoms with Crippen LogP contribution in [0.3, 0.4) is 0 Å². The predicted molar refractivity (Wildman–Crippen MR) is 116 cm³/mol. The maximum atomic E-state index is 4.50. The fourth-order valence-corrected chi connectivity index (χ4v) is 4.19. The topological polar surface area (TPSA) is 48.5 Å².